The molecule has 0 bridgehead atoms. The first-order valence-corrected chi connectivity index (χ1v) is 46.8. The van der Waals surface area contributed by atoms with Gasteiger partial charge in [-0.05, 0) is 200 Å². The van der Waals surface area contributed by atoms with Crippen LogP contribution in [0.25, 0.3) is 0 Å². The summed E-state index contributed by atoms with van der Waals surface area (Å²) in [5.41, 5.74) is -3.13. The largest absolute Gasteiger partial charge is 0.488 e. The number of nitrogens with zero attached hydrogens (tertiary/aromatic N) is 8. The molecule has 0 aromatic heterocycles. The number of morpholine rings is 4. The zero-order valence-corrected chi connectivity index (χ0v) is 79.4. The number of ether oxygens (including phenoxy) is 6. The van der Waals surface area contributed by atoms with E-state index in [1.165, 1.54) is 113 Å². The molecule has 6 N–H and O–H groups in total. The summed E-state index contributed by atoms with van der Waals surface area (Å²) >= 11 is 0. The first-order valence-electron chi connectivity index (χ1n) is 59.8. The topological polar surface area (TPSA) is 358 Å². The predicted molar refractivity (Wildman–Crippen MR) is 520 cm³/mol. The number of anilines is 2. The van der Waals surface area contributed by atoms with Gasteiger partial charge in [-0.2, -0.15) is 0 Å². The quantitative estimate of drug-likeness (QED) is 0.0242. The third-order valence-electron chi connectivity index (χ3n) is 24.6. The smallest absolute Gasteiger partial charge is 0.255 e. The Morgan fingerprint density at radius 2 is 0.701 bits per heavy atom. The maximum atomic E-state index is 15.2. The molecule has 12 unspecified atom stereocenters. The maximum Gasteiger partial charge on any atom is 0.255 e. The van der Waals surface area contributed by atoms with Gasteiger partial charge in [0.05, 0.1) is 81.1 Å². The number of rotatable bonds is 24. The van der Waals surface area contributed by atoms with Gasteiger partial charge in [-0.25, -0.2) is 17.6 Å². The van der Waals surface area contributed by atoms with Crippen LogP contribution in [0, 0.1) is 23.3 Å². The van der Waals surface area contributed by atoms with Gasteiger partial charge in [0.1, 0.15) is 72.1 Å². The molecule has 12 amide bonds. The van der Waals surface area contributed by atoms with Crippen molar-refractivity contribution in [3.05, 3.63) is 258 Å². The van der Waals surface area contributed by atoms with Crippen LogP contribution in [0.5, 0.6) is 11.5 Å². The van der Waals surface area contributed by atoms with Crippen LogP contribution >= 0.6 is 0 Å². The number of imide groups is 4. The summed E-state index contributed by atoms with van der Waals surface area (Å²) in [6.07, 6.45) is -9.69. The molecule has 0 saturated carbocycles. The van der Waals surface area contributed by atoms with Crippen LogP contribution in [0.1, 0.15) is 250 Å². The highest BCUT2D eigenvalue weighted by atomic mass is 19.1. The molecule has 0 radical (unpaired) electrons. The van der Waals surface area contributed by atoms with Gasteiger partial charge in [0.15, 0.2) is 0 Å². The van der Waals surface area contributed by atoms with E-state index in [2.05, 4.69) is 21.3 Å². The average molecular weight is 2010 g/mol. The van der Waals surface area contributed by atoms with Crippen LogP contribution in [0.3, 0.4) is 0 Å². The molecule has 760 valence electrons. The van der Waals surface area contributed by atoms with Gasteiger partial charge in [-0.15, -0.1) is 0 Å². The molecule has 8 fully saturated rings. The van der Waals surface area contributed by atoms with Crippen molar-refractivity contribution in [2.24, 2.45) is 0 Å². The van der Waals surface area contributed by atoms with Crippen LogP contribution in [0.4, 0.5) is 28.9 Å². The van der Waals surface area contributed by atoms with E-state index in [0.29, 0.717) is 27.8 Å². The number of benzene rings is 8. The highest BCUT2D eigenvalue weighted by Gasteiger charge is 2.46. The molecule has 32 nitrogen and oxygen atoms in total. The van der Waals surface area contributed by atoms with Crippen molar-refractivity contribution in [1.82, 2.24) is 60.5 Å². The molecule has 12 atom stereocenters. The summed E-state index contributed by atoms with van der Waals surface area (Å²) < 4.78 is 319. The summed E-state index contributed by atoms with van der Waals surface area (Å²) in [6, 6.07) is 21.7. The molecule has 8 aromatic carbocycles. The van der Waals surface area contributed by atoms with Crippen LogP contribution in [-0.2, 0) is 135 Å². The lowest BCUT2D eigenvalue weighted by Gasteiger charge is -2.35. The van der Waals surface area contributed by atoms with Gasteiger partial charge in [-0.1, -0.05) is 48.5 Å². The molecule has 144 heavy (non-hydrogen) atoms. The third-order valence-corrected chi connectivity index (χ3v) is 24.6. The first kappa shape index (κ1) is 73.8. The Labute approximate surface area is 869 Å². The molecule has 8 aromatic rings. The van der Waals surface area contributed by atoms with Crippen LogP contribution in [0.15, 0.2) is 146 Å². The van der Waals surface area contributed by atoms with Crippen LogP contribution in [0.2, 0.25) is 0 Å². The Hall–Kier alpha value is -13.2. The van der Waals surface area contributed by atoms with E-state index in [4.69, 9.17) is 64.1 Å². The van der Waals surface area contributed by atoms with E-state index >= 15 is 13.2 Å². The molecule has 12 aliphatic heterocycles. The second kappa shape index (κ2) is 45.0. The maximum absolute atomic E-state index is 15.2. The highest BCUT2D eigenvalue weighted by Crippen LogP contribution is 2.40. The molecule has 20 rings (SSSR count). The van der Waals surface area contributed by atoms with Crippen molar-refractivity contribution >= 4 is 82.3 Å². The van der Waals surface area contributed by atoms with Gasteiger partial charge >= 0.3 is 0 Å². The van der Waals surface area contributed by atoms with E-state index in [-0.39, 0.29) is 216 Å². The number of hydrogen-bond acceptors (Lipinski definition) is 24. The van der Waals surface area contributed by atoms with E-state index in [1.54, 1.807) is 15.1 Å². The van der Waals surface area contributed by atoms with Gasteiger partial charge in [-0.3, -0.25) is 98.4 Å². The molecule has 0 aliphatic carbocycles. The second-order valence-corrected chi connectivity index (χ2v) is 36.3. The van der Waals surface area contributed by atoms with Crippen molar-refractivity contribution in [3.8, 4) is 11.5 Å². The Balaban J connectivity index is 0.000000151. The summed E-state index contributed by atoms with van der Waals surface area (Å²) in [5, 5.41) is 12.9. The number of hydrogen-bond donors (Lipinski definition) is 6. The Morgan fingerprint density at radius 3 is 1.13 bits per heavy atom. The van der Waals surface area contributed by atoms with Crippen LogP contribution in [-0.4, -0.2) is 235 Å². The molecular weight excluding hydrogens is 1860 g/mol. The summed E-state index contributed by atoms with van der Waals surface area (Å²) in [7, 11) is 0. The number of amides is 12. The minimum absolute atomic E-state index is 0.000135. The summed E-state index contributed by atoms with van der Waals surface area (Å²) in [5.74, 6) is -15.1. The van der Waals surface area contributed by atoms with Crippen LogP contribution < -0.4 is 41.4 Å². The van der Waals surface area contributed by atoms with E-state index < -0.39 is 231 Å². The standard InChI is InChI=1S/2C27H31FN4O4.2C27H30FN3O5/c2*1-16-12-31(13-17(2)36-16)14-18-6-7-22(28)19(10-18)11-29-23-5-3-4-20-21(23)15-32(27(20)35)24-8-9-25(33)30-26(24)34;2*1-16-11-30(12-17(2)36-16)13-18-6-7-22(28)19(10-18)15-35-24-5-3-4-20-21(24)14-31(27(20)34)23-8-9-25(32)29-26(23)33/h2*3-7,10,16-17,24,29H,8-9,11-15H2,1-2H3,(H,30,33,34);2*3-7,10,16-17,23H,8-9,11-15H2,1-2H3,(H,29,32,33)/i11D2,14D2,15D2,24D;11D2,14D2,15D2;8D2,9D2,13D2,23D;13D2,14D2,15D2. The van der Waals surface area contributed by atoms with Crippen molar-refractivity contribution in [2.75, 3.05) is 63.0 Å². The minimum Gasteiger partial charge on any atom is -0.488 e. The second-order valence-electron chi connectivity index (χ2n) is 36.3. The third kappa shape index (κ3) is 24.2. The lowest BCUT2D eigenvalue weighted by Crippen LogP contribution is -2.52. The number of carbonyl (C=O) groups excluding carboxylic acids is 12. The summed E-state index contributed by atoms with van der Waals surface area (Å²) in [4.78, 5) is 159. The molecule has 12 heterocycles. The minimum atomic E-state index is -3.42. The zero-order valence-electron chi connectivity index (χ0n) is 105. The lowest BCUT2D eigenvalue weighted by atomic mass is 10.0. The Kier molecular flexibility index (Phi) is 23.1. The zero-order chi connectivity index (χ0) is 125. The molecular formula is C108H122F4N14O18. The lowest BCUT2D eigenvalue weighted by molar-refractivity contribution is -0.138. The van der Waals surface area contributed by atoms with Crippen molar-refractivity contribution < 1.29 is 139 Å². The van der Waals surface area contributed by atoms with E-state index in [0.717, 1.165) is 47.4 Å². The monoisotopic (exact) mass is 2010 g/mol. The number of piperidine rings is 4. The number of carbonyl (C=O) groups is 12. The molecule has 36 heteroatoms. The van der Waals surface area contributed by atoms with E-state index in [1.807, 2.05) is 60.7 Å². The Morgan fingerprint density at radius 1 is 0.368 bits per heavy atom. The van der Waals surface area contributed by atoms with Gasteiger partial charge in [0.2, 0.25) is 47.3 Å². The number of halogens is 4. The van der Waals surface area contributed by atoms with Gasteiger partial charge in [0.25, 0.3) is 23.6 Å². The SMILES string of the molecule is [2H]C([2H])(Nc1cccc2c1C([2H])([2H])N(C1([2H])CCC(=O)NC1=O)C2=O)c1cc(C([2H])([2H])N2CC(C)OC(C)C2)ccc1F.[2H]C([2H])(Nc1cccc2c1C([2H])([2H])N(C1CCC(=O)NC1=O)C2=O)c1cc(C([2H])([2H])N2CC(C)OC(C)C2)ccc1F.[2H]C([2H])(Oc1cccc2c1C([2H])([2H])N(C1CCC(=O)NC1=O)C2=O)c1cc(C([2H])([2H])N2CC(C)OC(C)C2)ccc1F.[2H]C([2H])(c1ccc(F)c(COc2cccc3c2CN(C2([2H])C(=O)NC(=O)C([2H])([2H])C2([2H])[2H])C3=O)c1)N1CC(C)OC(C)C1. The van der Waals surface area contributed by atoms with Crippen molar-refractivity contribution in [3.63, 3.8) is 0 Å². The number of fused-ring (bicyclic) bond motifs is 4. The van der Waals surface area contributed by atoms with Crippen molar-refractivity contribution in [2.45, 2.75) is 258 Å². The highest BCUT2D eigenvalue weighted by molar-refractivity contribution is 6.09. The normalized spacial score (nSPS) is 30.7. The fourth-order valence-corrected chi connectivity index (χ4v) is 18.3. The predicted octanol–water partition coefficient (Wildman–Crippen LogP) is 11.2. The molecule has 12 aliphatic rings. The van der Waals surface area contributed by atoms with Gasteiger partial charge < -0.3 is 58.7 Å². The molecule has 8 saturated heterocycles. The Bertz CT molecular complexity index is 7420. The molecule has 0 spiro atoms. The summed E-state index contributed by atoms with van der Waals surface area (Å²) in [6.45, 7) is -8.65. The van der Waals surface area contributed by atoms with Gasteiger partial charge in [0, 0.05) is 225 Å². The fraction of sp³-hybridized carbons (Fsp3) is 0.444. The first-order chi connectivity index (χ1) is 78.9. The average Bonchev–Trinajstić information content (AvgIpc) is 1.40. The van der Waals surface area contributed by atoms with Crippen molar-refractivity contribution in [1.29, 1.82) is 0 Å². The number of nitrogens with one attached hydrogen (secondary N) is 6. The fourth-order valence-electron chi connectivity index (χ4n) is 18.3. The van der Waals surface area contributed by atoms with E-state index in [9.17, 15) is 61.9 Å².